The highest BCUT2D eigenvalue weighted by Crippen LogP contribution is 2.45. The van der Waals surface area contributed by atoms with Crippen molar-refractivity contribution in [3.63, 3.8) is 0 Å². The Hall–Kier alpha value is -1.81. The Kier molecular flexibility index (Phi) is 6.63. The molecule has 1 fully saturated rings. The number of ether oxygens (including phenoxy) is 2. The summed E-state index contributed by atoms with van der Waals surface area (Å²) < 4.78 is 27.4. The van der Waals surface area contributed by atoms with Crippen LogP contribution in [0.2, 0.25) is 0 Å². The number of aromatic nitrogens is 2. The van der Waals surface area contributed by atoms with Gasteiger partial charge >= 0.3 is 6.09 Å². The Morgan fingerprint density at radius 3 is 2.26 bits per heavy atom. The summed E-state index contributed by atoms with van der Waals surface area (Å²) in [6, 6.07) is 2.71. The minimum Gasteiger partial charge on any atom is -0.480 e. The standard InChI is InChI=1S/C21H27Br2FN4O3/c1-20(2,3)31-19(29)27-8-6-21(4,7-9-27)15-17(25)28(26-18(15)30-5)16-13(22)10-12(24)11-14(16)23/h10-11H,6-9,25H2,1-5H3. The number of anilines is 1. The quantitative estimate of drug-likeness (QED) is 0.541. The fourth-order valence-electron chi connectivity index (χ4n) is 3.79. The SMILES string of the molecule is COc1nn(-c2c(Br)cc(F)cc2Br)c(N)c1C1(C)CCN(C(=O)OC(C)(C)C)CC1. The minimum atomic E-state index is -0.539. The minimum absolute atomic E-state index is 0.315. The number of nitrogens with zero attached hydrogens (tertiary/aromatic N) is 3. The van der Waals surface area contributed by atoms with E-state index in [1.165, 1.54) is 12.1 Å². The van der Waals surface area contributed by atoms with Crippen molar-refractivity contribution in [1.82, 2.24) is 14.7 Å². The predicted molar refractivity (Wildman–Crippen MR) is 124 cm³/mol. The molecule has 1 aliphatic rings. The lowest BCUT2D eigenvalue weighted by Gasteiger charge is -2.39. The molecule has 0 radical (unpaired) electrons. The summed E-state index contributed by atoms with van der Waals surface area (Å²) >= 11 is 6.79. The van der Waals surface area contributed by atoms with Crippen molar-refractivity contribution in [2.24, 2.45) is 0 Å². The van der Waals surface area contributed by atoms with Crippen LogP contribution in [0.4, 0.5) is 15.0 Å². The molecule has 1 aliphatic heterocycles. The molecule has 31 heavy (non-hydrogen) atoms. The maximum Gasteiger partial charge on any atom is 0.410 e. The molecular formula is C21H27Br2FN4O3. The van der Waals surface area contributed by atoms with Gasteiger partial charge in [0.15, 0.2) is 0 Å². The number of rotatable bonds is 3. The van der Waals surface area contributed by atoms with Crippen LogP contribution in [0.15, 0.2) is 21.1 Å². The van der Waals surface area contributed by atoms with Gasteiger partial charge in [0, 0.05) is 27.4 Å². The van der Waals surface area contributed by atoms with Gasteiger partial charge in [0.1, 0.15) is 17.2 Å². The van der Waals surface area contributed by atoms with Gasteiger partial charge in [-0.2, -0.15) is 0 Å². The summed E-state index contributed by atoms with van der Waals surface area (Å²) in [6.07, 6.45) is 1.03. The number of piperidine rings is 1. The van der Waals surface area contributed by atoms with Crippen LogP contribution in [-0.4, -0.2) is 46.6 Å². The smallest absolute Gasteiger partial charge is 0.410 e. The Balaban J connectivity index is 1.93. The van der Waals surface area contributed by atoms with Crippen LogP contribution in [0.3, 0.4) is 0 Å². The van der Waals surface area contributed by atoms with Crippen molar-refractivity contribution in [2.45, 2.75) is 51.6 Å². The zero-order valence-electron chi connectivity index (χ0n) is 18.3. The number of likely N-dealkylation sites (tertiary alicyclic amines) is 1. The number of nitrogens with two attached hydrogens (primary N) is 1. The lowest BCUT2D eigenvalue weighted by molar-refractivity contribution is 0.0171. The molecule has 1 aromatic carbocycles. The van der Waals surface area contributed by atoms with Crippen LogP contribution in [0.25, 0.3) is 5.69 Å². The van der Waals surface area contributed by atoms with E-state index in [2.05, 4.69) is 43.9 Å². The number of hydrogen-bond donors (Lipinski definition) is 1. The molecule has 1 saturated heterocycles. The molecule has 10 heteroatoms. The summed E-state index contributed by atoms with van der Waals surface area (Å²) in [5.41, 5.74) is 7.03. The topological polar surface area (TPSA) is 82.6 Å². The number of halogens is 3. The second-order valence-electron chi connectivity index (χ2n) is 8.93. The van der Waals surface area contributed by atoms with E-state index in [1.807, 2.05) is 20.8 Å². The first-order valence-corrected chi connectivity index (χ1v) is 11.5. The molecular weight excluding hydrogens is 535 g/mol. The maximum atomic E-state index is 13.7. The van der Waals surface area contributed by atoms with E-state index >= 15 is 0 Å². The van der Waals surface area contributed by atoms with E-state index in [0.717, 1.165) is 5.56 Å². The van der Waals surface area contributed by atoms with Gasteiger partial charge in [0.25, 0.3) is 0 Å². The summed E-state index contributed by atoms with van der Waals surface area (Å²) in [4.78, 5) is 14.2. The van der Waals surface area contributed by atoms with E-state index in [0.29, 0.717) is 52.3 Å². The summed E-state index contributed by atoms with van der Waals surface area (Å²) in [5.74, 6) is 0.439. The predicted octanol–water partition coefficient (Wildman–Crippen LogP) is 5.42. The Labute approximate surface area is 198 Å². The van der Waals surface area contributed by atoms with Crippen LogP contribution in [0.5, 0.6) is 5.88 Å². The van der Waals surface area contributed by atoms with Crippen molar-refractivity contribution < 1.29 is 18.7 Å². The molecule has 0 aliphatic carbocycles. The van der Waals surface area contributed by atoms with Crippen molar-refractivity contribution in [3.8, 4) is 11.6 Å². The first-order chi connectivity index (χ1) is 14.4. The van der Waals surface area contributed by atoms with Crippen LogP contribution in [-0.2, 0) is 10.2 Å². The summed E-state index contributed by atoms with van der Waals surface area (Å²) in [5, 5.41) is 4.55. The number of nitrogen functional groups attached to an aromatic ring is 1. The highest BCUT2D eigenvalue weighted by molar-refractivity contribution is 9.11. The number of methoxy groups -OCH3 is 1. The zero-order valence-corrected chi connectivity index (χ0v) is 21.4. The molecule has 1 aromatic heterocycles. The van der Waals surface area contributed by atoms with Crippen molar-refractivity contribution in [3.05, 3.63) is 32.5 Å². The maximum absolute atomic E-state index is 13.7. The fourth-order valence-corrected chi connectivity index (χ4v) is 5.25. The number of benzene rings is 1. The van der Waals surface area contributed by atoms with Crippen molar-refractivity contribution in [2.75, 3.05) is 25.9 Å². The van der Waals surface area contributed by atoms with Gasteiger partial charge in [-0.15, -0.1) is 5.10 Å². The van der Waals surface area contributed by atoms with E-state index in [4.69, 9.17) is 15.2 Å². The first-order valence-electron chi connectivity index (χ1n) is 9.92. The molecule has 1 amide bonds. The van der Waals surface area contributed by atoms with E-state index in [-0.39, 0.29) is 17.3 Å². The van der Waals surface area contributed by atoms with E-state index in [1.54, 1.807) is 16.7 Å². The molecule has 170 valence electrons. The molecule has 2 heterocycles. The van der Waals surface area contributed by atoms with E-state index in [9.17, 15) is 9.18 Å². The molecule has 0 bridgehead atoms. The second-order valence-corrected chi connectivity index (χ2v) is 10.6. The lowest BCUT2D eigenvalue weighted by Crippen LogP contribution is -2.46. The molecule has 0 unspecified atom stereocenters. The van der Waals surface area contributed by atoms with Crippen molar-refractivity contribution in [1.29, 1.82) is 0 Å². The van der Waals surface area contributed by atoms with Gasteiger partial charge < -0.3 is 20.1 Å². The molecule has 0 saturated carbocycles. The van der Waals surface area contributed by atoms with Crippen LogP contribution in [0, 0.1) is 5.82 Å². The first kappa shape index (κ1) is 23.8. The highest BCUT2D eigenvalue weighted by atomic mass is 79.9. The number of hydrogen-bond acceptors (Lipinski definition) is 5. The third kappa shape index (κ3) is 4.84. The van der Waals surface area contributed by atoms with Gasteiger partial charge in [0.2, 0.25) is 5.88 Å². The van der Waals surface area contributed by atoms with Crippen LogP contribution < -0.4 is 10.5 Å². The third-order valence-corrected chi connectivity index (χ3v) is 6.61. The average molecular weight is 562 g/mol. The van der Waals surface area contributed by atoms with Crippen LogP contribution in [0.1, 0.15) is 46.1 Å². The van der Waals surface area contributed by atoms with Gasteiger partial charge in [-0.05, 0) is 77.6 Å². The monoisotopic (exact) mass is 560 g/mol. The number of carbonyl (C=O) groups excluding carboxylic acids is 1. The van der Waals surface area contributed by atoms with Gasteiger partial charge in [0.05, 0.1) is 18.4 Å². The third-order valence-electron chi connectivity index (χ3n) is 5.40. The largest absolute Gasteiger partial charge is 0.480 e. The lowest BCUT2D eigenvalue weighted by atomic mass is 9.75. The molecule has 2 aromatic rings. The molecule has 2 N–H and O–H groups in total. The average Bonchev–Trinajstić information content (AvgIpc) is 2.97. The molecule has 3 rings (SSSR count). The summed E-state index contributed by atoms with van der Waals surface area (Å²) in [6.45, 7) is 8.71. The fraction of sp³-hybridized carbons (Fsp3) is 0.524. The summed E-state index contributed by atoms with van der Waals surface area (Å²) in [7, 11) is 1.55. The van der Waals surface area contributed by atoms with Crippen molar-refractivity contribution >= 4 is 43.8 Å². The molecule has 7 nitrogen and oxygen atoms in total. The van der Waals surface area contributed by atoms with Gasteiger partial charge in [-0.3, -0.25) is 0 Å². The Morgan fingerprint density at radius 1 is 1.23 bits per heavy atom. The highest BCUT2D eigenvalue weighted by Gasteiger charge is 2.40. The molecule has 0 atom stereocenters. The van der Waals surface area contributed by atoms with Crippen LogP contribution >= 0.6 is 31.9 Å². The zero-order chi connectivity index (χ0) is 23.1. The Morgan fingerprint density at radius 2 is 1.77 bits per heavy atom. The molecule has 0 spiro atoms. The van der Waals surface area contributed by atoms with E-state index < -0.39 is 5.60 Å². The normalized spacial score (nSPS) is 16.3. The number of amides is 1. The number of carbonyl (C=O) groups is 1. The van der Waals surface area contributed by atoms with Gasteiger partial charge in [-0.25, -0.2) is 13.9 Å². The van der Waals surface area contributed by atoms with Gasteiger partial charge in [-0.1, -0.05) is 6.92 Å². The second kappa shape index (κ2) is 8.61. The Bertz CT molecular complexity index is 972.